The highest BCUT2D eigenvalue weighted by Crippen LogP contribution is 2.17. The largest absolute Gasteiger partial charge is 0.378 e. The first-order chi connectivity index (χ1) is 7.65. The van der Waals surface area contributed by atoms with Crippen LogP contribution in [0.4, 0.5) is 0 Å². The van der Waals surface area contributed by atoms with E-state index in [9.17, 15) is 4.79 Å². The van der Waals surface area contributed by atoms with E-state index in [2.05, 4.69) is 0 Å². The van der Waals surface area contributed by atoms with Gasteiger partial charge in [0.05, 0.1) is 6.10 Å². The Kier molecular flexibility index (Phi) is 5.77. The normalized spacial score (nSPS) is 22.8. The third-order valence-electron chi connectivity index (χ3n) is 3.35. The summed E-state index contributed by atoms with van der Waals surface area (Å²) in [6.45, 7) is 3.34. The maximum absolute atomic E-state index is 11.8. The van der Waals surface area contributed by atoms with E-state index in [0.29, 0.717) is 19.1 Å². The zero-order valence-electron chi connectivity index (χ0n) is 10.4. The van der Waals surface area contributed by atoms with E-state index < -0.39 is 0 Å². The number of carbonyl (C=O) groups is 1. The maximum atomic E-state index is 11.8. The Labute approximate surface area is 98.1 Å². The Hall–Kier alpha value is -0.610. The summed E-state index contributed by atoms with van der Waals surface area (Å²) in [6, 6.07) is 0.125. The van der Waals surface area contributed by atoms with Crippen molar-refractivity contribution >= 4 is 5.91 Å². The second-order valence-corrected chi connectivity index (χ2v) is 4.62. The number of hydrogen-bond donors (Lipinski definition) is 1. The molecule has 4 nitrogen and oxygen atoms in total. The topological polar surface area (TPSA) is 55.6 Å². The molecule has 1 fully saturated rings. The van der Waals surface area contributed by atoms with E-state index in [4.69, 9.17) is 10.5 Å². The summed E-state index contributed by atoms with van der Waals surface area (Å²) in [5.41, 5.74) is 5.53. The summed E-state index contributed by atoms with van der Waals surface area (Å²) >= 11 is 0. The predicted octanol–water partition coefficient (Wildman–Crippen LogP) is 1.14. The molecule has 1 rings (SSSR count). The standard InChI is InChI=1S/C12H24N2O2/c1-10(9-13)14(2)12(15)7-6-11-5-3-4-8-16-11/h10-11H,3-9,13H2,1-2H3. The van der Waals surface area contributed by atoms with Crippen molar-refractivity contribution in [3.8, 4) is 0 Å². The number of rotatable bonds is 5. The molecule has 1 amide bonds. The fourth-order valence-corrected chi connectivity index (χ4v) is 1.90. The van der Waals surface area contributed by atoms with Gasteiger partial charge in [-0.2, -0.15) is 0 Å². The molecule has 0 spiro atoms. The second-order valence-electron chi connectivity index (χ2n) is 4.62. The van der Waals surface area contributed by atoms with Crippen LogP contribution in [0.25, 0.3) is 0 Å². The Morgan fingerprint density at radius 1 is 1.56 bits per heavy atom. The Balaban J connectivity index is 2.23. The number of ether oxygens (including phenoxy) is 1. The lowest BCUT2D eigenvalue weighted by molar-refractivity contribution is -0.132. The molecular formula is C12H24N2O2. The van der Waals surface area contributed by atoms with Gasteiger partial charge in [-0.1, -0.05) is 0 Å². The van der Waals surface area contributed by atoms with E-state index in [0.717, 1.165) is 25.9 Å². The van der Waals surface area contributed by atoms with Crippen LogP contribution in [0.1, 0.15) is 39.0 Å². The third-order valence-corrected chi connectivity index (χ3v) is 3.35. The first-order valence-corrected chi connectivity index (χ1v) is 6.22. The molecule has 0 bridgehead atoms. The highest BCUT2D eigenvalue weighted by Gasteiger charge is 2.18. The highest BCUT2D eigenvalue weighted by molar-refractivity contribution is 5.76. The van der Waals surface area contributed by atoms with Gasteiger partial charge in [0.25, 0.3) is 0 Å². The van der Waals surface area contributed by atoms with Crippen molar-refractivity contribution in [1.82, 2.24) is 4.90 Å². The average molecular weight is 228 g/mol. The first kappa shape index (κ1) is 13.5. The molecule has 1 heterocycles. The van der Waals surface area contributed by atoms with E-state index in [1.165, 1.54) is 6.42 Å². The molecule has 0 aliphatic carbocycles. The fraction of sp³-hybridized carbons (Fsp3) is 0.917. The van der Waals surface area contributed by atoms with Crippen molar-refractivity contribution in [2.75, 3.05) is 20.2 Å². The molecule has 1 aliphatic heterocycles. The molecule has 0 radical (unpaired) electrons. The van der Waals surface area contributed by atoms with Crippen molar-refractivity contribution in [1.29, 1.82) is 0 Å². The van der Waals surface area contributed by atoms with Crippen molar-refractivity contribution < 1.29 is 9.53 Å². The molecule has 16 heavy (non-hydrogen) atoms. The molecule has 1 aliphatic rings. The van der Waals surface area contributed by atoms with Crippen LogP contribution in [0.15, 0.2) is 0 Å². The van der Waals surface area contributed by atoms with Gasteiger partial charge in [0, 0.05) is 32.7 Å². The van der Waals surface area contributed by atoms with Gasteiger partial charge in [-0.05, 0) is 32.6 Å². The molecule has 2 atom stereocenters. The molecule has 94 valence electrons. The van der Waals surface area contributed by atoms with Gasteiger partial charge in [-0.15, -0.1) is 0 Å². The van der Waals surface area contributed by atoms with Crippen LogP contribution in [0.3, 0.4) is 0 Å². The monoisotopic (exact) mass is 228 g/mol. The van der Waals surface area contributed by atoms with Crippen LogP contribution in [0.2, 0.25) is 0 Å². The minimum absolute atomic E-state index is 0.125. The molecule has 2 N–H and O–H groups in total. The van der Waals surface area contributed by atoms with Gasteiger partial charge in [-0.25, -0.2) is 0 Å². The average Bonchev–Trinajstić information content (AvgIpc) is 2.35. The SMILES string of the molecule is CC(CN)N(C)C(=O)CCC1CCCCO1. The van der Waals surface area contributed by atoms with Crippen LogP contribution in [-0.4, -0.2) is 43.2 Å². The first-order valence-electron chi connectivity index (χ1n) is 6.22. The summed E-state index contributed by atoms with van der Waals surface area (Å²) in [7, 11) is 1.82. The molecule has 2 unspecified atom stereocenters. The van der Waals surface area contributed by atoms with Crippen molar-refractivity contribution in [2.45, 2.75) is 51.2 Å². The number of nitrogens with zero attached hydrogens (tertiary/aromatic N) is 1. The van der Waals surface area contributed by atoms with Gasteiger partial charge in [-0.3, -0.25) is 4.79 Å². The smallest absolute Gasteiger partial charge is 0.222 e. The van der Waals surface area contributed by atoms with E-state index in [1.54, 1.807) is 4.90 Å². The Bertz CT molecular complexity index is 215. The van der Waals surface area contributed by atoms with Crippen LogP contribution in [0, 0.1) is 0 Å². The predicted molar refractivity (Wildman–Crippen MR) is 64.1 cm³/mol. The van der Waals surface area contributed by atoms with Crippen LogP contribution in [-0.2, 0) is 9.53 Å². The summed E-state index contributed by atoms with van der Waals surface area (Å²) < 4.78 is 5.60. The third kappa shape index (κ3) is 4.10. The van der Waals surface area contributed by atoms with E-state index in [-0.39, 0.29) is 11.9 Å². The van der Waals surface area contributed by atoms with Gasteiger partial charge in [0.15, 0.2) is 0 Å². The molecule has 0 saturated carbocycles. The maximum Gasteiger partial charge on any atom is 0.222 e. The van der Waals surface area contributed by atoms with Crippen LogP contribution < -0.4 is 5.73 Å². The van der Waals surface area contributed by atoms with Crippen molar-refractivity contribution in [3.63, 3.8) is 0 Å². The summed E-state index contributed by atoms with van der Waals surface area (Å²) in [6.07, 6.45) is 5.21. The van der Waals surface area contributed by atoms with Gasteiger partial charge >= 0.3 is 0 Å². The summed E-state index contributed by atoms with van der Waals surface area (Å²) in [5, 5.41) is 0. The van der Waals surface area contributed by atoms with Crippen molar-refractivity contribution in [2.24, 2.45) is 5.73 Å². The lowest BCUT2D eigenvalue weighted by atomic mass is 10.0. The Morgan fingerprint density at radius 2 is 2.31 bits per heavy atom. The number of nitrogens with two attached hydrogens (primary N) is 1. The van der Waals surface area contributed by atoms with Gasteiger partial charge < -0.3 is 15.4 Å². The highest BCUT2D eigenvalue weighted by atomic mass is 16.5. The lowest BCUT2D eigenvalue weighted by Crippen LogP contribution is -2.40. The van der Waals surface area contributed by atoms with Crippen LogP contribution in [0.5, 0.6) is 0 Å². The molecule has 1 saturated heterocycles. The second kappa shape index (κ2) is 6.86. The molecule has 0 aromatic heterocycles. The number of likely N-dealkylation sites (N-methyl/N-ethyl adjacent to an activating group) is 1. The number of amides is 1. The molecule has 4 heteroatoms. The Morgan fingerprint density at radius 3 is 2.88 bits per heavy atom. The molecular weight excluding hydrogens is 204 g/mol. The molecule has 0 aromatic rings. The summed E-state index contributed by atoms with van der Waals surface area (Å²) in [4.78, 5) is 13.5. The number of hydrogen-bond acceptors (Lipinski definition) is 3. The van der Waals surface area contributed by atoms with Gasteiger partial charge in [0.1, 0.15) is 0 Å². The van der Waals surface area contributed by atoms with Gasteiger partial charge in [0.2, 0.25) is 5.91 Å². The molecule has 0 aromatic carbocycles. The number of carbonyl (C=O) groups excluding carboxylic acids is 1. The fourth-order valence-electron chi connectivity index (χ4n) is 1.90. The minimum Gasteiger partial charge on any atom is -0.378 e. The van der Waals surface area contributed by atoms with E-state index in [1.807, 2.05) is 14.0 Å². The zero-order chi connectivity index (χ0) is 12.0. The van der Waals surface area contributed by atoms with E-state index >= 15 is 0 Å². The zero-order valence-corrected chi connectivity index (χ0v) is 10.4. The minimum atomic E-state index is 0.125. The quantitative estimate of drug-likeness (QED) is 0.767. The van der Waals surface area contributed by atoms with Crippen molar-refractivity contribution in [3.05, 3.63) is 0 Å². The summed E-state index contributed by atoms with van der Waals surface area (Å²) in [5.74, 6) is 0.173. The lowest BCUT2D eigenvalue weighted by Gasteiger charge is -2.26. The van der Waals surface area contributed by atoms with Crippen LogP contribution >= 0.6 is 0 Å².